The summed E-state index contributed by atoms with van der Waals surface area (Å²) in [5, 5.41) is 5.39. The lowest BCUT2D eigenvalue weighted by molar-refractivity contribution is -0.119. The molecule has 0 saturated heterocycles. The highest BCUT2D eigenvalue weighted by atomic mass is 16.2. The molecule has 1 fully saturated rings. The van der Waals surface area contributed by atoms with Crippen LogP contribution in [0.5, 0.6) is 0 Å². The third-order valence-electron chi connectivity index (χ3n) is 4.97. The third-order valence-corrected chi connectivity index (χ3v) is 4.97. The largest absolute Gasteiger partial charge is 0.358 e. The van der Waals surface area contributed by atoms with Gasteiger partial charge >= 0.3 is 0 Å². The molecule has 0 aromatic heterocycles. The van der Waals surface area contributed by atoms with Crippen LogP contribution in [0, 0.1) is 24.2 Å². The van der Waals surface area contributed by atoms with Crippen molar-refractivity contribution in [2.75, 3.05) is 23.8 Å². The van der Waals surface area contributed by atoms with Crippen LogP contribution in [-0.4, -0.2) is 31.3 Å². The van der Waals surface area contributed by atoms with Gasteiger partial charge in [0.15, 0.2) is 0 Å². The van der Waals surface area contributed by atoms with Gasteiger partial charge in [0, 0.05) is 35.5 Å². The van der Waals surface area contributed by atoms with Gasteiger partial charge in [0.2, 0.25) is 11.8 Å². The van der Waals surface area contributed by atoms with Crippen molar-refractivity contribution in [3.8, 4) is 12.3 Å². The molecule has 1 saturated carbocycles. The fourth-order valence-corrected chi connectivity index (χ4v) is 3.07. The second-order valence-electron chi connectivity index (χ2n) is 7.15. The first-order valence-corrected chi connectivity index (χ1v) is 9.43. The van der Waals surface area contributed by atoms with Gasteiger partial charge < -0.3 is 10.6 Å². The van der Waals surface area contributed by atoms with Crippen LogP contribution in [0.25, 0.3) is 0 Å². The number of nitrogens with one attached hydrogen (secondary N) is 2. The lowest BCUT2D eigenvalue weighted by Gasteiger charge is -2.22. The van der Waals surface area contributed by atoms with Crippen molar-refractivity contribution < 1.29 is 14.4 Å². The van der Waals surface area contributed by atoms with E-state index in [2.05, 4.69) is 16.6 Å². The summed E-state index contributed by atoms with van der Waals surface area (Å²) in [6.45, 7) is 1.88. The molecule has 29 heavy (non-hydrogen) atoms. The smallest absolute Gasteiger partial charge is 0.258 e. The minimum atomic E-state index is -0.362. The summed E-state index contributed by atoms with van der Waals surface area (Å²) >= 11 is 0. The Balaban J connectivity index is 1.87. The van der Waals surface area contributed by atoms with Crippen LogP contribution in [0.4, 0.5) is 11.4 Å². The van der Waals surface area contributed by atoms with Gasteiger partial charge in [0.1, 0.15) is 6.54 Å². The monoisotopic (exact) mass is 389 g/mol. The zero-order valence-corrected chi connectivity index (χ0v) is 16.4. The standard InChI is InChI=1S/C23H23N3O3/c1-4-16-7-5-10-19(12-16)26(14-21(27)24-3)23(29)17-8-6-9-18(13-17)25-22(28)20-11-15(20)2/h1,5-10,12-13,15,20H,11,14H2,2-3H3,(H,24,27)(H,25,28). The molecule has 0 radical (unpaired) electrons. The second-order valence-corrected chi connectivity index (χ2v) is 7.15. The fourth-order valence-electron chi connectivity index (χ4n) is 3.07. The van der Waals surface area contributed by atoms with Gasteiger partial charge in [-0.3, -0.25) is 19.3 Å². The maximum absolute atomic E-state index is 13.2. The van der Waals surface area contributed by atoms with Crippen molar-refractivity contribution in [2.24, 2.45) is 11.8 Å². The molecule has 1 aliphatic carbocycles. The van der Waals surface area contributed by atoms with Crippen LogP contribution in [0.1, 0.15) is 29.3 Å². The lowest BCUT2D eigenvalue weighted by Crippen LogP contribution is -2.39. The maximum Gasteiger partial charge on any atom is 0.258 e. The zero-order chi connectivity index (χ0) is 21.0. The molecule has 1 aliphatic rings. The summed E-state index contributed by atoms with van der Waals surface area (Å²) in [6.07, 6.45) is 6.35. The van der Waals surface area contributed by atoms with Gasteiger partial charge in [-0.1, -0.05) is 25.0 Å². The SMILES string of the molecule is C#Cc1cccc(N(CC(=O)NC)C(=O)c2cccc(NC(=O)C3CC3C)c2)c1. The van der Waals surface area contributed by atoms with Gasteiger partial charge in [-0.25, -0.2) is 0 Å². The number of rotatable bonds is 6. The molecule has 2 N–H and O–H groups in total. The highest BCUT2D eigenvalue weighted by molar-refractivity contribution is 6.09. The Labute approximate surface area is 170 Å². The van der Waals surface area contributed by atoms with E-state index >= 15 is 0 Å². The van der Waals surface area contributed by atoms with E-state index in [1.54, 1.807) is 48.5 Å². The van der Waals surface area contributed by atoms with Crippen LogP contribution in [0.2, 0.25) is 0 Å². The van der Waals surface area contributed by atoms with E-state index in [1.807, 2.05) is 6.92 Å². The Morgan fingerprint density at radius 2 is 1.90 bits per heavy atom. The predicted molar refractivity (Wildman–Crippen MR) is 112 cm³/mol. The van der Waals surface area contributed by atoms with Gasteiger partial charge in [-0.15, -0.1) is 6.42 Å². The average Bonchev–Trinajstić information content (AvgIpc) is 3.48. The molecule has 6 nitrogen and oxygen atoms in total. The minimum Gasteiger partial charge on any atom is -0.358 e. The van der Waals surface area contributed by atoms with E-state index in [4.69, 9.17) is 6.42 Å². The molecular weight excluding hydrogens is 366 g/mol. The van der Waals surface area contributed by atoms with Gasteiger partial charge in [0.25, 0.3) is 5.91 Å². The summed E-state index contributed by atoms with van der Waals surface area (Å²) in [6, 6.07) is 13.6. The van der Waals surface area contributed by atoms with E-state index < -0.39 is 0 Å². The van der Waals surface area contributed by atoms with Crippen LogP contribution >= 0.6 is 0 Å². The molecule has 3 amide bonds. The van der Waals surface area contributed by atoms with Crippen molar-refractivity contribution in [3.05, 3.63) is 59.7 Å². The number of carbonyl (C=O) groups is 3. The Morgan fingerprint density at radius 3 is 2.55 bits per heavy atom. The molecule has 2 aromatic rings. The molecule has 6 heteroatoms. The molecule has 0 spiro atoms. The van der Waals surface area contributed by atoms with E-state index in [0.717, 1.165) is 6.42 Å². The van der Waals surface area contributed by atoms with E-state index in [9.17, 15) is 14.4 Å². The summed E-state index contributed by atoms with van der Waals surface area (Å²) in [5.41, 5.74) is 2.05. The van der Waals surface area contributed by atoms with Gasteiger partial charge in [-0.2, -0.15) is 0 Å². The minimum absolute atomic E-state index is 0.0330. The number of terminal acetylenes is 1. The normalized spacial score (nSPS) is 17.0. The van der Waals surface area contributed by atoms with Crippen LogP contribution in [0.15, 0.2) is 48.5 Å². The number of amides is 3. The van der Waals surface area contributed by atoms with Crippen molar-refractivity contribution in [1.29, 1.82) is 0 Å². The maximum atomic E-state index is 13.2. The molecule has 0 heterocycles. The van der Waals surface area contributed by atoms with Gasteiger partial charge in [-0.05, 0) is 48.7 Å². The van der Waals surface area contributed by atoms with E-state index in [-0.39, 0.29) is 30.2 Å². The summed E-state index contributed by atoms with van der Waals surface area (Å²) in [7, 11) is 1.51. The summed E-state index contributed by atoms with van der Waals surface area (Å²) in [4.78, 5) is 38.8. The quantitative estimate of drug-likeness (QED) is 0.746. The highest BCUT2D eigenvalue weighted by Crippen LogP contribution is 2.38. The highest BCUT2D eigenvalue weighted by Gasteiger charge is 2.39. The molecule has 2 unspecified atom stereocenters. The first kappa shape index (κ1) is 20.2. The topological polar surface area (TPSA) is 78.5 Å². The second kappa shape index (κ2) is 8.61. The summed E-state index contributed by atoms with van der Waals surface area (Å²) < 4.78 is 0. The van der Waals surface area contributed by atoms with Crippen LogP contribution in [0.3, 0.4) is 0 Å². The molecule has 0 aliphatic heterocycles. The number of carbonyl (C=O) groups excluding carboxylic acids is 3. The van der Waals surface area contributed by atoms with Crippen molar-refractivity contribution in [3.63, 3.8) is 0 Å². The van der Waals surface area contributed by atoms with Crippen molar-refractivity contribution in [1.82, 2.24) is 5.32 Å². The van der Waals surface area contributed by atoms with E-state index in [0.29, 0.717) is 28.4 Å². The molecular formula is C23H23N3O3. The van der Waals surface area contributed by atoms with Gasteiger partial charge in [0.05, 0.1) is 0 Å². The fraction of sp³-hybridized carbons (Fsp3) is 0.261. The molecule has 148 valence electrons. The number of hydrogen-bond acceptors (Lipinski definition) is 3. The number of nitrogens with zero attached hydrogens (tertiary/aromatic N) is 1. The van der Waals surface area contributed by atoms with Crippen LogP contribution < -0.4 is 15.5 Å². The van der Waals surface area contributed by atoms with Crippen LogP contribution in [-0.2, 0) is 9.59 Å². The Bertz CT molecular complexity index is 993. The Kier molecular flexibility index (Phi) is 5.99. The molecule has 2 aromatic carbocycles. The van der Waals surface area contributed by atoms with Crippen molar-refractivity contribution >= 4 is 29.1 Å². The number of benzene rings is 2. The first-order chi connectivity index (χ1) is 13.9. The lowest BCUT2D eigenvalue weighted by atomic mass is 10.1. The molecule has 2 atom stereocenters. The third kappa shape index (κ3) is 4.82. The zero-order valence-electron chi connectivity index (χ0n) is 16.4. The predicted octanol–water partition coefficient (Wildman–Crippen LogP) is 2.66. The number of likely N-dealkylation sites (N-methyl/N-ethyl adjacent to an activating group) is 1. The first-order valence-electron chi connectivity index (χ1n) is 9.43. The summed E-state index contributed by atoms with van der Waals surface area (Å²) in [5.74, 6) is 2.25. The van der Waals surface area contributed by atoms with E-state index in [1.165, 1.54) is 11.9 Å². The Morgan fingerprint density at radius 1 is 1.17 bits per heavy atom. The number of hydrogen-bond donors (Lipinski definition) is 2. The number of anilines is 2. The molecule has 3 rings (SSSR count). The van der Waals surface area contributed by atoms with Crippen molar-refractivity contribution in [2.45, 2.75) is 13.3 Å². The molecule has 0 bridgehead atoms. The Hall–Kier alpha value is -3.59. The average molecular weight is 389 g/mol.